The van der Waals surface area contributed by atoms with Gasteiger partial charge in [-0.15, -0.1) is 0 Å². The molecule has 0 unspecified atom stereocenters. The summed E-state index contributed by atoms with van der Waals surface area (Å²) in [5.74, 6) is -2.37. The first-order valence-electron chi connectivity index (χ1n) is 9.45. The van der Waals surface area contributed by atoms with Crippen LogP contribution in [0.15, 0.2) is 60.7 Å². The molecule has 5 amide bonds. The van der Waals surface area contributed by atoms with Crippen LogP contribution in [0.5, 0.6) is 0 Å². The number of hydrogen-bond donors (Lipinski definition) is 1. The Morgan fingerprint density at radius 3 is 1.79 bits per heavy atom. The largest absolute Gasteiger partial charge is 0.344 e. The molecule has 3 rings (SSSR count). The summed E-state index contributed by atoms with van der Waals surface area (Å²) in [5, 5.41) is 2.87. The first kappa shape index (κ1) is 20.3. The van der Waals surface area contributed by atoms with E-state index in [4.69, 9.17) is 0 Å². The van der Waals surface area contributed by atoms with E-state index in [2.05, 4.69) is 5.32 Å². The first-order valence-corrected chi connectivity index (χ1v) is 9.45. The Morgan fingerprint density at radius 1 is 0.828 bits per heavy atom. The van der Waals surface area contributed by atoms with Crippen LogP contribution >= 0.6 is 0 Å². The van der Waals surface area contributed by atoms with E-state index in [1.54, 1.807) is 0 Å². The fraction of sp³-hybridized carbons (Fsp3) is 0.273. The van der Waals surface area contributed by atoms with Crippen molar-refractivity contribution in [3.63, 3.8) is 0 Å². The maximum Gasteiger partial charge on any atom is 0.334 e. The molecule has 0 atom stereocenters. The van der Waals surface area contributed by atoms with Gasteiger partial charge in [0.1, 0.15) is 6.54 Å². The summed E-state index contributed by atoms with van der Waals surface area (Å²) in [7, 11) is 0. The van der Waals surface area contributed by atoms with E-state index < -0.39 is 36.3 Å². The highest BCUT2D eigenvalue weighted by Crippen LogP contribution is 2.22. The molecule has 2 aromatic carbocycles. The summed E-state index contributed by atoms with van der Waals surface area (Å²) in [6.07, 6.45) is 0. The standard InChI is InChI=1S/C22H23N3O4/c1-15(2)13-24-20(27)21(28)25(22(24)29)14-18(26)23-19(16-9-5-3-6-10-16)17-11-7-4-8-12-17/h3-12,15,19H,13-14H2,1-2H3,(H,23,26). The number of rotatable bonds is 7. The highest BCUT2D eigenvalue weighted by molar-refractivity contribution is 6.45. The molecule has 1 heterocycles. The van der Waals surface area contributed by atoms with Gasteiger partial charge >= 0.3 is 17.8 Å². The summed E-state index contributed by atoms with van der Waals surface area (Å²) in [6.45, 7) is 3.31. The zero-order valence-electron chi connectivity index (χ0n) is 16.4. The van der Waals surface area contributed by atoms with Gasteiger partial charge in [0, 0.05) is 6.54 Å². The predicted octanol–water partition coefficient (Wildman–Crippen LogP) is 2.34. The van der Waals surface area contributed by atoms with Crippen molar-refractivity contribution >= 4 is 23.8 Å². The summed E-state index contributed by atoms with van der Waals surface area (Å²) >= 11 is 0. The number of hydrogen-bond acceptors (Lipinski definition) is 4. The second-order valence-electron chi connectivity index (χ2n) is 7.31. The smallest absolute Gasteiger partial charge is 0.334 e. The molecule has 1 fully saturated rings. The maximum atomic E-state index is 12.7. The van der Waals surface area contributed by atoms with Gasteiger partial charge in [-0.05, 0) is 17.0 Å². The number of carbonyl (C=O) groups is 4. The zero-order chi connectivity index (χ0) is 21.0. The van der Waals surface area contributed by atoms with E-state index >= 15 is 0 Å². The highest BCUT2D eigenvalue weighted by Gasteiger charge is 2.45. The van der Waals surface area contributed by atoms with Crippen LogP contribution in [0.1, 0.15) is 31.0 Å². The van der Waals surface area contributed by atoms with Gasteiger partial charge in [0.2, 0.25) is 5.91 Å². The molecule has 1 saturated heterocycles. The lowest BCUT2D eigenvalue weighted by molar-refractivity contribution is -0.144. The molecule has 0 aromatic heterocycles. The Kier molecular flexibility index (Phi) is 6.07. The number of nitrogens with one attached hydrogen (secondary N) is 1. The lowest BCUT2D eigenvalue weighted by Crippen LogP contribution is -2.43. The highest BCUT2D eigenvalue weighted by atomic mass is 16.2. The van der Waals surface area contributed by atoms with Crippen LogP contribution in [0.2, 0.25) is 0 Å². The SMILES string of the molecule is CC(C)CN1C(=O)C(=O)N(CC(=O)NC(c2ccccc2)c2ccccc2)C1=O. The van der Waals surface area contributed by atoms with Gasteiger partial charge in [0.05, 0.1) is 6.04 Å². The number of nitrogens with zero attached hydrogens (tertiary/aromatic N) is 2. The molecular weight excluding hydrogens is 370 g/mol. The number of carbonyl (C=O) groups excluding carboxylic acids is 4. The minimum absolute atomic E-state index is 0.0185. The van der Waals surface area contributed by atoms with Crippen molar-refractivity contribution in [1.82, 2.24) is 15.1 Å². The first-order chi connectivity index (χ1) is 13.9. The minimum atomic E-state index is -0.971. The minimum Gasteiger partial charge on any atom is -0.344 e. The van der Waals surface area contributed by atoms with E-state index in [-0.39, 0.29) is 12.5 Å². The van der Waals surface area contributed by atoms with Crippen LogP contribution in [-0.2, 0) is 14.4 Å². The molecule has 29 heavy (non-hydrogen) atoms. The maximum absolute atomic E-state index is 12.7. The second kappa shape index (κ2) is 8.68. The Labute approximate surface area is 169 Å². The second-order valence-corrected chi connectivity index (χ2v) is 7.31. The van der Waals surface area contributed by atoms with Crippen molar-refractivity contribution in [1.29, 1.82) is 0 Å². The third kappa shape index (κ3) is 4.51. The Hall–Kier alpha value is -3.48. The van der Waals surface area contributed by atoms with Crippen LogP contribution in [-0.4, -0.2) is 46.6 Å². The molecule has 1 N–H and O–H groups in total. The van der Waals surface area contributed by atoms with E-state index in [1.807, 2.05) is 74.5 Å². The summed E-state index contributed by atoms with van der Waals surface area (Å²) in [4.78, 5) is 51.0. The third-order valence-electron chi connectivity index (χ3n) is 4.56. The number of benzene rings is 2. The van der Waals surface area contributed by atoms with Gasteiger partial charge < -0.3 is 5.32 Å². The van der Waals surface area contributed by atoms with E-state index in [0.29, 0.717) is 4.90 Å². The zero-order valence-corrected chi connectivity index (χ0v) is 16.4. The van der Waals surface area contributed by atoms with Gasteiger partial charge in [0.15, 0.2) is 0 Å². The molecule has 0 radical (unpaired) electrons. The topological polar surface area (TPSA) is 86.8 Å². The van der Waals surface area contributed by atoms with E-state index in [1.165, 1.54) is 0 Å². The van der Waals surface area contributed by atoms with Crippen LogP contribution < -0.4 is 5.32 Å². The molecule has 7 nitrogen and oxygen atoms in total. The molecule has 1 aliphatic rings. The Bertz CT molecular complexity index is 873. The summed E-state index contributed by atoms with van der Waals surface area (Å²) in [5.41, 5.74) is 1.73. The van der Waals surface area contributed by atoms with Gasteiger partial charge in [-0.2, -0.15) is 0 Å². The van der Waals surface area contributed by atoms with Crippen molar-refractivity contribution in [2.45, 2.75) is 19.9 Å². The molecule has 0 spiro atoms. The number of amides is 5. The van der Waals surface area contributed by atoms with E-state index in [9.17, 15) is 19.2 Å². The molecule has 0 bridgehead atoms. The van der Waals surface area contributed by atoms with Gasteiger partial charge in [0.25, 0.3) is 0 Å². The van der Waals surface area contributed by atoms with Crippen molar-refractivity contribution < 1.29 is 19.2 Å². The molecule has 1 aliphatic heterocycles. The molecule has 150 valence electrons. The quantitative estimate of drug-likeness (QED) is 0.578. The van der Waals surface area contributed by atoms with Crippen LogP contribution in [0.25, 0.3) is 0 Å². The summed E-state index contributed by atoms with van der Waals surface area (Å²) < 4.78 is 0. The number of urea groups is 1. The monoisotopic (exact) mass is 393 g/mol. The lowest BCUT2D eigenvalue weighted by atomic mass is 9.99. The van der Waals surface area contributed by atoms with Gasteiger partial charge in [-0.3, -0.25) is 19.3 Å². The summed E-state index contributed by atoms with van der Waals surface area (Å²) in [6, 6.07) is 17.6. The van der Waals surface area contributed by atoms with Crippen molar-refractivity contribution in [2.75, 3.05) is 13.1 Å². The van der Waals surface area contributed by atoms with Crippen molar-refractivity contribution in [3.05, 3.63) is 71.8 Å². The fourth-order valence-corrected chi connectivity index (χ4v) is 3.22. The Morgan fingerprint density at radius 2 is 1.31 bits per heavy atom. The number of imide groups is 2. The normalized spacial score (nSPS) is 14.3. The Balaban J connectivity index is 1.76. The van der Waals surface area contributed by atoms with E-state index in [0.717, 1.165) is 16.0 Å². The molecule has 2 aromatic rings. The predicted molar refractivity (Wildman–Crippen MR) is 107 cm³/mol. The lowest BCUT2D eigenvalue weighted by Gasteiger charge is -2.21. The molecule has 0 saturated carbocycles. The molecule has 7 heteroatoms. The van der Waals surface area contributed by atoms with Gasteiger partial charge in [-0.25, -0.2) is 9.69 Å². The van der Waals surface area contributed by atoms with Crippen LogP contribution in [0.3, 0.4) is 0 Å². The average molecular weight is 393 g/mol. The van der Waals surface area contributed by atoms with Crippen molar-refractivity contribution in [2.24, 2.45) is 5.92 Å². The average Bonchev–Trinajstić information content (AvgIpc) is 2.91. The van der Waals surface area contributed by atoms with Crippen LogP contribution in [0.4, 0.5) is 4.79 Å². The third-order valence-corrected chi connectivity index (χ3v) is 4.56. The van der Waals surface area contributed by atoms with Crippen LogP contribution in [0, 0.1) is 5.92 Å². The molecular formula is C22H23N3O4. The van der Waals surface area contributed by atoms with Crippen molar-refractivity contribution in [3.8, 4) is 0 Å². The fourth-order valence-electron chi connectivity index (χ4n) is 3.22. The van der Waals surface area contributed by atoms with Gasteiger partial charge in [-0.1, -0.05) is 74.5 Å². The molecule has 0 aliphatic carbocycles.